The van der Waals surface area contributed by atoms with Crippen molar-refractivity contribution in [3.8, 4) is 22.8 Å². The molecule has 0 fully saturated rings. The molecule has 0 amide bonds. The Kier molecular flexibility index (Phi) is 5.68. The van der Waals surface area contributed by atoms with Crippen molar-refractivity contribution in [2.75, 3.05) is 19.6 Å². The fourth-order valence-corrected chi connectivity index (χ4v) is 3.00. The van der Waals surface area contributed by atoms with Crippen LogP contribution in [0, 0.1) is 0 Å². The van der Waals surface area contributed by atoms with Gasteiger partial charge in [-0.2, -0.15) is 5.10 Å². The normalized spacial score (nSPS) is 10.7. The lowest BCUT2D eigenvalue weighted by atomic mass is 10.1. The minimum absolute atomic E-state index is 0.236. The van der Waals surface area contributed by atoms with Crippen molar-refractivity contribution in [3.05, 3.63) is 59.0 Å². The van der Waals surface area contributed by atoms with E-state index in [0.29, 0.717) is 16.6 Å². The van der Waals surface area contributed by atoms with E-state index in [0.717, 1.165) is 16.8 Å². The summed E-state index contributed by atoms with van der Waals surface area (Å²) in [6.07, 6.45) is 1.60. The van der Waals surface area contributed by atoms with E-state index in [-0.39, 0.29) is 5.56 Å². The maximum absolute atomic E-state index is 10.8. The molecule has 2 aromatic carbocycles. The number of hydrogen-bond donors (Lipinski definition) is 2. The maximum Gasteiger partial charge on any atom is 0.335 e. The summed E-state index contributed by atoms with van der Waals surface area (Å²) in [4.78, 5) is 15.3. The predicted molar refractivity (Wildman–Crippen MR) is 105 cm³/mol. The predicted octanol–water partition coefficient (Wildman–Crippen LogP) is 3.97. The zero-order valence-electron chi connectivity index (χ0n) is 14.7. The Balaban J connectivity index is 1.68. The molecule has 8 heteroatoms. The van der Waals surface area contributed by atoms with E-state index in [1.54, 1.807) is 32.6 Å². The lowest BCUT2D eigenvalue weighted by molar-refractivity contribution is 0.0697. The topological polar surface area (TPSA) is 93.0 Å². The summed E-state index contributed by atoms with van der Waals surface area (Å²) >= 11 is 1.42. The van der Waals surface area contributed by atoms with Crippen molar-refractivity contribution in [2.45, 2.75) is 0 Å². The number of aromatic carboxylic acids is 1. The third-order valence-electron chi connectivity index (χ3n) is 3.71. The second-order valence-corrected chi connectivity index (χ2v) is 6.26. The molecule has 1 aromatic heterocycles. The van der Waals surface area contributed by atoms with Crippen LogP contribution < -0.4 is 14.9 Å². The number of nitrogens with zero attached hydrogens (tertiary/aromatic N) is 2. The van der Waals surface area contributed by atoms with Gasteiger partial charge in [-0.1, -0.05) is 12.1 Å². The van der Waals surface area contributed by atoms with Crippen LogP contribution >= 0.6 is 11.3 Å². The smallest absolute Gasteiger partial charge is 0.335 e. The maximum atomic E-state index is 10.8. The van der Waals surface area contributed by atoms with Crippen LogP contribution in [0.3, 0.4) is 0 Å². The number of nitrogens with one attached hydrogen (secondary N) is 1. The molecule has 0 unspecified atom stereocenters. The van der Waals surface area contributed by atoms with Gasteiger partial charge in [0.25, 0.3) is 0 Å². The van der Waals surface area contributed by atoms with Gasteiger partial charge in [-0.3, -0.25) is 5.43 Å². The first-order valence-electron chi connectivity index (χ1n) is 7.91. The molecule has 0 radical (unpaired) electrons. The summed E-state index contributed by atoms with van der Waals surface area (Å²) in [6, 6.07) is 12.0. The fourth-order valence-electron chi connectivity index (χ4n) is 2.33. The minimum Gasteiger partial charge on any atom is -0.493 e. The molecule has 0 saturated heterocycles. The monoisotopic (exact) mass is 383 g/mol. The van der Waals surface area contributed by atoms with Crippen LogP contribution in [0.25, 0.3) is 11.3 Å². The van der Waals surface area contributed by atoms with Crippen molar-refractivity contribution in [3.63, 3.8) is 0 Å². The Morgan fingerprint density at radius 1 is 1.15 bits per heavy atom. The first-order valence-corrected chi connectivity index (χ1v) is 8.79. The van der Waals surface area contributed by atoms with Crippen LogP contribution in [0.1, 0.15) is 15.9 Å². The Bertz CT molecular complexity index is 967. The summed E-state index contributed by atoms with van der Waals surface area (Å²) in [5.41, 5.74) is 5.60. The van der Waals surface area contributed by atoms with Crippen LogP contribution in [-0.2, 0) is 0 Å². The molecule has 3 aromatic rings. The summed E-state index contributed by atoms with van der Waals surface area (Å²) in [6.45, 7) is 0. The van der Waals surface area contributed by atoms with Gasteiger partial charge < -0.3 is 14.6 Å². The first kappa shape index (κ1) is 18.4. The highest BCUT2D eigenvalue weighted by Crippen LogP contribution is 2.33. The van der Waals surface area contributed by atoms with Crippen molar-refractivity contribution in [1.82, 2.24) is 4.98 Å². The molecule has 1 heterocycles. The number of ether oxygens (including phenoxy) is 2. The van der Waals surface area contributed by atoms with Gasteiger partial charge in [-0.15, -0.1) is 11.3 Å². The molecular formula is C19H17N3O4S. The van der Waals surface area contributed by atoms with E-state index in [2.05, 4.69) is 15.5 Å². The van der Waals surface area contributed by atoms with Crippen molar-refractivity contribution >= 4 is 28.7 Å². The minimum atomic E-state index is -0.956. The number of carboxylic acids is 1. The molecular weight excluding hydrogens is 366 g/mol. The Hall–Kier alpha value is -3.39. The van der Waals surface area contributed by atoms with Gasteiger partial charge in [-0.25, -0.2) is 9.78 Å². The molecule has 2 N–H and O–H groups in total. The number of anilines is 1. The number of hydrazone groups is 1. The van der Waals surface area contributed by atoms with Crippen LogP contribution in [0.5, 0.6) is 11.5 Å². The number of hydrogen-bond acceptors (Lipinski definition) is 7. The van der Waals surface area contributed by atoms with Gasteiger partial charge >= 0.3 is 5.97 Å². The summed E-state index contributed by atoms with van der Waals surface area (Å²) < 4.78 is 10.6. The van der Waals surface area contributed by atoms with Gasteiger partial charge in [0, 0.05) is 10.9 Å². The number of carbonyl (C=O) groups is 1. The van der Waals surface area contributed by atoms with Crippen molar-refractivity contribution < 1.29 is 19.4 Å². The molecule has 138 valence electrons. The van der Waals surface area contributed by atoms with Crippen molar-refractivity contribution in [1.29, 1.82) is 0 Å². The quantitative estimate of drug-likeness (QED) is 0.474. The van der Waals surface area contributed by atoms with Gasteiger partial charge in [0.05, 0.1) is 31.7 Å². The molecule has 0 saturated carbocycles. The molecule has 27 heavy (non-hydrogen) atoms. The van der Waals surface area contributed by atoms with Gasteiger partial charge in [0.2, 0.25) is 5.13 Å². The average Bonchev–Trinajstić information content (AvgIpc) is 3.16. The Morgan fingerprint density at radius 2 is 1.89 bits per heavy atom. The molecule has 0 aliphatic rings. The van der Waals surface area contributed by atoms with Crippen LogP contribution in [0.4, 0.5) is 5.13 Å². The third-order valence-corrected chi connectivity index (χ3v) is 4.46. The first-order chi connectivity index (χ1) is 13.1. The number of aromatic nitrogens is 1. The van der Waals surface area contributed by atoms with Gasteiger partial charge in [0.15, 0.2) is 11.5 Å². The zero-order chi connectivity index (χ0) is 19.2. The number of thiazole rings is 1. The summed E-state index contributed by atoms with van der Waals surface area (Å²) in [7, 11) is 3.18. The molecule has 0 atom stereocenters. The van der Waals surface area contributed by atoms with Gasteiger partial charge in [-0.05, 0) is 35.9 Å². The van der Waals surface area contributed by atoms with Gasteiger partial charge in [0.1, 0.15) is 0 Å². The van der Waals surface area contributed by atoms with Crippen LogP contribution in [0.2, 0.25) is 0 Å². The zero-order valence-corrected chi connectivity index (χ0v) is 15.5. The van der Waals surface area contributed by atoms with E-state index in [1.165, 1.54) is 23.5 Å². The summed E-state index contributed by atoms with van der Waals surface area (Å²) in [5.74, 6) is 0.343. The lowest BCUT2D eigenvalue weighted by Gasteiger charge is -2.08. The largest absolute Gasteiger partial charge is 0.493 e. The average molecular weight is 383 g/mol. The second kappa shape index (κ2) is 8.33. The van der Waals surface area contributed by atoms with E-state index in [4.69, 9.17) is 14.6 Å². The van der Waals surface area contributed by atoms with E-state index in [1.807, 2.05) is 23.6 Å². The van der Waals surface area contributed by atoms with E-state index in [9.17, 15) is 4.79 Å². The molecule has 0 bridgehead atoms. The highest BCUT2D eigenvalue weighted by atomic mass is 32.1. The van der Waals surface area contributed by atoms with Crippen LogP contribution in [0.15, 0.2) is 52.9 Å². The highest BCUT2D eigenvalue weighted by Gasteiger charge is 2.09. The molecule has 7 nitrogen and oxygen atoms in total. The molecule has 0 spiro atoms. The van der Waals surface area contributed by atoms with E-state index >= 15 is 0 Å². The van der Waals surface area contributed by atoms with Crippen molar-refractivity contribution in [2.24, 2.45) is 5.10 Å². The molecule has 3 rings (SSSR count). The molecule has 0 aliphatic heterocycles. The van der Waals surface area contributed by atoms with E-state index < -0.39 is 5.97 Å². The summed E-state index contributed by atoms with van der Waals surface area (Å²) in [5, 5.41) is 15.6. The third kappa shape index (κ3) is 4.42. The second-order valence-electron chi connectivity index (χ2n) is 5.40. The highest BCUT2D eigenvalue weighted by molar-refractivity contribution is 7.14. The number of carboxylic acid groups (broad SMARTS) is 1. The fraction of sp³-hybridized carbons (Fsp3) is 0.105. The van der Waals surface area contributed by atoms with Crippen LogP contribution in [-0.4, -0.2) is 36.5 Å². The molecule has 0 aliphatic carbocycles. The lowest BCUT2D eigenvalue weighted by Crippen LogP contribution is -1.96. The standard InChI is InChI=1S/C19H17N3O4S/c1-25-16-8-7-14(9-17(16)26-2)15-11-27-19(21-15)22-20-10-12-3-5-13(6-4-12)18(23)24/h3-11H,1-2H3,(H,21,22)(H,23,24)/b20-10-. The Labute approximate surface area is 159 Å². The number of benzene rings is 2. The Morgan fingerprint density at radius 3 is 2.56 bits per heavy atom. The number of rotatable bonds is 7. The SMILES string of the molecule is COc1ccc(-c2csc(N/N=C\c3ccc(C(=O)O)cc3)n2)cc1OC. The number of methoxy groups -OCH3 is 2.